The molecule has 0 saturated carbocycles. The lowest BCUT2D eigenvalue weighted by Crippen LogP contribution is -2.16. The van der Waals surface area contributed by atoms with Crippen LogP contribution in [0.3, 0.4) is 0 Å². The van der Waals surface area contributed by atoms with E-state index in [0.717, 1.165) is 38.5 Å². The molecular weight excluding hydrogens is 371 g/mol. The highest BCUT2D eigenvalue weighted by molar-refractivity contribution is 9.10. The molecule has 0 fully saturated rings. The molecule has 0 aromatic heterocycles. The number of hydrogen-bond donors (Lipinski definition) is 1. The summed E-state index contributed by atoms with van der Waals surface area (Å²) in [7, 11) is 2.16. The summed E-state index contributed by atoms with van der Waals surface area (Å²) in [5.41, 5.74) is -1.34. The number of carbonyl (C=O) groups is 2. The van der Waals surface area contributed by atoms with Crippen molar-refractivity contribution < 1.29 is 32.2 Å². The molecule has 0 aliphatic rings. The normalized spacial score (nSPS) is 11.8. The maximum absolute atomic E-state index is 12.7. The largest absolute Gasteiger partial charge is 0.466 e. The Labute approximate surface area is 132 Å². The number of halogens is 4. The molecule has 0 amide bonds. The molecule has 120 valence electrons. The van der Waals surface area contributed by atoms with Gasteiger partial charge in [-0.1, -0.05) is 0 Å². The van der Waals surface area contributed by atoms with Crippen LogP contribution in [0.4, 0.5) is 18.9 Å². The van der Waals surface area contributed by atoms with Gasteiger partial charge in [0.05, 0.1) is 31.5 Å². The van der Waals surface area contributed by atoms with E-state index in [2.05, 4.69) is 30.7 Å². The zero-order chi connectivity index (χ0) is 16.9. The van der Waals surface area contributed by atoms with Gasteiger partial charge in [0.15, 0.2) is 0 Å². The van der Waals surface area contributed by atoms with Gasteiger partial charge in [-0.2, -0.15) is 13.2 Å². The summed E-state index contributed by atoms with van der Waals surface area (Å²) >= 11 is 3.05. The van der Waals surface area contributed by atoms with Crippen LogP contribution in [0, 0.1) is 0 Å². The van der Waals surface area contributed by atoms with Gasteiger partial charge in [0.25, 0.3) is 0 Å². The maximum atomic E-state index is 12.7. The number of anilines is 1. The van der Waals surface area contributed by atoms with Crippen molar-refractivity contribution >= 4 is 33.6 Å². The molecule has 0 radical (unpaired) electrons. The molecule has 5 nitrogen and oxygen atoms in total. The smallest absolute Gasteiger partial charge is 0.416 e. The number of rotatable bonds is 4. The molecule has 0 spiro atoms. The minimum atomic E-state index is -4.55. The lowest BCUT2D eigenvalue weighted by Gasteiger charge is -2.13. The number of ether oxygens (including phenoxy) is 2. The van der Waals surface area contributed by atoms with E-state index in [1.54, 1.807) is 0 Å². The standard InChI is InChI=1S/C13H11BrF3NO4/c1-21-11(19)6-10(12(20)22-2)18-9-5-7(13(15,16)17)3-4-8(9)14/h3-6,18H,1-2H3/b10-6+. The fourth-order valence-electron chi connectivity index (χ4n) is 1.38. The summed E-state index contributed by atoms with van der Waals surface area (Å²) < 4.78 is 47.2. The Kier molecular flexibility index (Phi) is 5.98. The predicted octanol–water partition coefficient (Wildman–Crippen LogP) is 3.11. The van der Waals surface area contributed by atoms with Gasteiger partial charge >= 0.3 is 18.1 Å². The van der Waals surface area contributed by atoms with Gasteiger partial charge in [0, 0.05) is 4.47 Å². The number of carbonyl (C=O) groups excluding carboxylic acids is 2. The third-order valence-electron chi connectivity index (χ3n) is 2.43. The van der Waals surface area contributed by atoms with Crippen molar-refractivity contribution in [2.24, 2.45) is 0 Å². The zero-order valence-corrected chi connectivity index (χ0v) is 13.0. The Morgan fingerprint density at radius 3 is 2.36 bits per heavy atom. The Bertz CT molecular complexity index is 614. The van der Waals surface area contributed by atoms with E-state index >= 15 is 0 Å². The third kappa shape index (κ3) is 4.76. The minimum absolute atomic E-state index is 0.0598. The number of esters is 2. The first kappa shape index (κ1) is 18.0. The van der Waals surface area contributed by atoms with Crippen molar-refractivity contribution in [3.05, 3.63) is 40.0 Å². The highest BCUT2D eigenvalue weighted by atomic mass is 79.9. The summed E-state index contributed by atoms with van der Waals surface area (Å²) in [6.45, 7) is 0. The summed E-state index contributed by atoms with van der Waals surface area (Å²) in [5.74, 6) is -1.80. The lowest BCUT2D eigenvalue weighted by molar-refractivity contribution is -0.138. The molecule has 0 aliphatic carbocycles. The van der Waals surface area contributed by atoms with E-state index in [1.807, 2.05) is 0 Å². The lowest BCUT2D eigenvalue weighted by atomic mass is 10.2. The SMILES string of the molecule is COC(=O)/C=C(/Nc1cc(C(F)(F)F)ccc1Br)C(=O)OC. The van der Waals surface area contributed by atoms with E-state index in [9.17, 15) is 22.8 Å². The molecule has 0 heterocycles. The number of hydrogen-bond acceptors (Lipinski definition) is 5. The fraction of sp³-hybridized carbons (Fsp3) is 0.231. The molecule has 0 unspecified atom stereocenters. The first-order valence-corrected chi connectivity index (χ1v) is 6.50. The van der Waals surface area contributed by atoms with Crippen LogP contribution in [0.1, 0.15) is 5.56 Å². The highest BCUT2D eigenvalue weighted by Gasteiger charge is 2.31. The van der Waals surface area contributed by atoms with E-state index in [4.69, 9.17) is 0 Å². The minimum Gasteiger partial charge on any atom is -0.466 e. The Hall–Kier alpha value is -2.03. The first-order chi connectivity index (χ1) is 10.2. The van der Waals surface area contributed by atoms with Crippen LogP contribution >= 0.6 is 15.9 Å². The summed E-state index contributed by atoms with van der Waals surface area (Å²) in [6.07, 6.45) is -3.77. The monoisotopic (exact) mass is 381 g/mol. The highest BCUT2D eigenvalue weighted by Crippen LogP contribution is 2.34. The van der Waals surface area contributed by atoms with Gasteiger partial charge in [0.2, 0.25) is 0 Å². The molecular formula is C13H11BrF3NO4. The molecule has 9 heteroatoms. The third-order valence-corrected chi connectivity index (χ3v) is 3.12. The van der Waals surface area contributed by atoms with Crippen molar-refractivity contribution in [2.75, 3.05) is 19.5 Å². The molecule has 1 rings (SSSR count). The zero-order valence-electron chi connectivity index (χ0n) is 11.5. The van der Waals surface area contributed by atoms with Crippen molar-refractivity contribution in [3.8, 4) is 0 Å². The summed E-state index contributed by atoms with van der Waals surface area (Å²) in [5, 5.41) is 2.41. The van der Waals surface area contributed by atoms with Crippen molar-refractivity contribution in [3.63, 3.8) is 0 Å². The molecule has 22 heavy (non-hydrogen) atoms. The number of alkyl halides is 3. The Balaban J connectivity index is 3.21. The van der Waals surface area contributed by atoms with E-state index in [-0.39, 0.29) is 15.9 Å². The molecule has 1 N–H and O–H groups in total. The first-order valence-electron chi connectivity index (χ1n) is 5.70. The van der Waals surface area contributed by atoms with Gasteiger partial charge in [0.1, 0.15) is 5.70 Å². The topological polar surface area (TPSA) is 64.6 Å². The van der Waals surface area contributed by atoms with Crippen LogP contribution in [-0.4, -0.2) is 26.2 Å². The van der Waals surface area contributed by atoms with Gasteiger partial charge in [-0.25, -0.2) is 9.59 Å². The van der Waals surface area contributed by atoms with Gasteiger partial charge < -0.3 is 14.8 Å². The molecule has 0 aliphatic heterocycles. The molecule has 1 aromatic rings. The molecule has 1 aromatic carbocycles. The molecule has 0 atom stereocenters. The fourth-order valence-corrected chi connectivity index (χ4v) is 1.72. The van der Waals surface area contributed by atoms with Crippen LogP contribution in [0.25, 0.3) is 0 Å². The van der Waals surface area contributed by atoms with Crippen LogP contribution in [0.2, 0.25) is 0 Å². The second-order valence-corrected chi connectivity index (χ2v) is 4.74. The van der Waals surface area contributed by atoms with Gasteiger partial charge in [-0.05, 0) is 34.1 Å². The van der Waals surface area contributed by atoms with Gasteiger partial charge in [-0.3, -0.25) is 0 Å². The van der Waals surface area contributed by atoms with Crippen LogP contribution < -0.4 is 5.32 Å². The van der Waals surface area contributed by atoms with Crippen molar-refractivity contribution in [2.45, 2.75) is 6.18 Å². The number of nitrogens with one attached hydrogen (secondary N) is 1. The van der Waals surface area contributed by atoms with Gasteiger partial charge in [-0.15, -0.1) is 0 Å². The summed E-state index contributed by atoms with van der Waals surface area (Å²) in [4.78, 5) is 22.8. The average Bonchev–Trinajstić information content (AvgIpc) is 2.46. The summed E-state index contributed by atoms with van der Waals surface area (Å²) in [6, 6.07) is 2.83. The quantitative estimate of drug-likeness (QED) is 0.641. The predicted molar refractivity (Wildman–Crippen MR) is 74.9 cm³/mol. The van der Waals surface area contributed by atoms with Crippen LogP contribution in [0.5, 0.6) is 0 Å². The second-order valence-electron chi connectivity index (χ2n) is 3.89. The van der Waals surface area contributed by atoms with Crippen LogP contribution in [-0.2, 0) is 25.2 Å². The van der Waals surface area contributed by atoms with Crippen molar-refractivity contribution in [1.29, 1.82) is 0 Å². The van der Waals surface area contributed by atoms with E-state index in [0.29, 0.717) is 0 Å². The maximum Gasteiger partial charge on any atom is 0.416 e. The molecule has 0 saturated heterocycles. The van der Waals surface area contributed by atoms with Crippen LogP contribution in [0.15, 0.2) is 34.4 Å². The second kappa shape index (κ2) is 7.30. The number of methoxy groups -OCH3 is 2. The van der Waals surface area contributed by atoms with E-state index < -0.39 is 23.7 Å². The Morgan fingerprint density at radius 1 is 1.23 bits per heavy atom. The van der Waals surface area contributed by atoms with Crippen molar-refractivity contribution in [1.82, 2.24) is 0 Å². The molecule has 0 bridgehead atoms. The average molecular weight is 382 g/mol. The number of benzene rings is 1. The van der Waals surface area contributed by atoms with E-state index in [1.165, 1.54) is 0 Å². The Morgan fingerprint density at radius 2 is 1.86 bits per heavy atom.